The van der Waals surface area contributed by atoms with E-state index in [0.717, 1.165) is 5.56 Å². The molecule has 2 aliphatic heterocycles. The minimum absolute atomic E-state index is 0.0616. The summed E-state index contributed by atoms with van der Waals surface area (Å²) in [6, 6.07) is 13.6. The molecule has 35 heavy (non-hydrogen) atoms. The van der Waals surface area contributed by atoms with E-state index in [4.69, 9.17) is 14.6 Å². The third kappa shape index (κ3) is 5.60. The van der Waals surface area contributed by atoms with Crippen LogP contribution in [0.25, 0.3) is 0 Å². The van der Waals surface area contributed by atoms with Gasteiger partial charge >= 0.3 is 0 Å². The highest BCUT2D eigenvalue weighted by atomic mass is 32.2. The summed E-state index contributed by atoms with van der Waals surface area (Å²) >= 11 is 0. The second kappa shape index (κ2) is 11.0. The zero-order valence-corrected chi connectivity index (χ0v) is 20.7. The van der Waals surface area contributed by atoms with Crippen molar-refractivity contribution in [2.24, 2.45) is 0 Å². The van der Waals surface area contributed by atoms with Gasteiger partial charge in [0, 0.05) is 38.6 Å². The number of ether oxygens (including phenoxy) is 2. The molecule has 0 saturated carbocycles. The van der Waals surface area contributed by atoms with Gasteiger partial charge in [0.15, 0.2) is 9.84 Å². The molecule has 0 bridgehead atoms. The fourth-order valence-corrected chi connectivity index (χ4v) is 7.41. The Morgan fingerprint density at radius 3 is 2.57 bits per heavy atom. The number of nitrogens with one attached hydrogen (secondary N) is 1. The minimum Gasteiger partial charge on any atom is -0.394 e. The molecule has 4 rings (SSSR count). The molecule has 2 aromatic carbocycles. The second-order valence-corrected chi connectivity index (χ2v) is 11.8. The first-order valence-electron chi connectivity index (χ1n) is 12.1. The predicted octanol–water partition coefficient (Wildman–Crippen LogP) is 2.26. The Hall–Kier alpha value is -1.88. The van der Waals surface area contributed by atoms with E-state index in [0.29, 0.717) is 43.7 Å². The number of rotatable bonds is 8. The van der Waals surface area contributed by atoms with Gasteiger partial charge in [-0.3, -0.25) is 0 Å². The van der Waals surface area contributed by atoms with Gasteiger partial charge in [0.05, 0.1) is 29.3 Å². The maximum absolute atomic E-state index is 15.4. The fraction of sp³-hybridized carbons (Fsp3) is 0.538. The van der Waals surface area contributed by atoms with E-state index in [1.807, 2.05) is 37.3 Å². The van der Waals surface area contributed by atoms with Crippen molar-refractivity contribution in [3.8, 4) is 0 Å². The largest absolute Gasteiger partial charge is 0.394 e. The topological polar surface area (TPSA) is 105 Å². The van der Waals surface area contributed by atoms with Gasteiger partial charge in [0.2, 0.25) is 0 Å². The average Bonchev–Trinajstić information content (AvgIpc) is 2.86. The lowest BCUT2D eigenvalue weighted by molar-refractivity contribution is -0.139. The van der Waals surface area contributed by atoms with Crippen LogP contribution in [0.2, 0.25) is 0 Å². The highest BCUT2D eigenvalue weighted by Gasteiger charge is 2.43. The van der Waals surface area contributed by atoms with E-state index in [1.165, 1.54) is 6.07 Å². The van der Waals surface area contributed by atoms with Crippen LogP contribution in [-0.4, -0.2) is 69.0 Å². The molecule has 0 aliphatic carbocycles. The highest BCUT2D eigenvalue weighted by Crippen LogP contribution is 2.38. The number of aliphatic hydroxyl groups excluding tert-OH is 2. The molecule has 2 heterocycles. The number of halogens is 1. The molecule has 0 amide bonds. The molecular formula is C26H34FNO6S. The lowest BCUT2D eigenvalue weighted by Crippen LogP contribution is -2.53. The average molecular weight is 508 g/mol. The molecule has 2 fully saturated rings. The Morgan fingerprint density at radius 1 is 1.20 bits per heavy atom. The molecule has 9 heteroatoms. The SMILES string of the molecule is C[C@@H]1NC[C@@H](c2ccccc2)S(=O)(=O)C1Cc1ccc(C2(OC[C@@H](O)CO)CCOCC2)cc1F. The molecule has 1 unspecified atom stereocenters. The van der Waals surface area contributed by atoms with Gasteiger partial charge in [-0.05, 0) is 36.1 Å². The third-order valence-electron chi connectivity index (χ3n) is 7.24. The summed E-state index contributed by atoms with van der Waals surface area (Å²) in [6.07, 6.45) is 0.00914. The number of hydrogen-bond acceptors (Lipinski definition) is 7. The molecule has 2 saturated heterocycles. The standard InChI is InChI=1S/C26H34FNO6S/c1-18-24(35(31,32)25(15-28-18)19-5-3-2-4-6-19)13-20-7-8-21(14-23(20)27)26(9-11-33-12-10-26)34-17-22(30)16-29/h2-8,14,18,22,24-25,28-30H,9-13,15-17H2,1H3/t18-,22-,24?,25-/m0/s1. The van der Waals surface area contributed by atoms with Gasteiger partial charge < -0.3 is 25.0 Å². The van der Waals surface area contributed by atoms with Crippen LogP contribution in [0.3, 0.4) is 0 Å². The maximum atomic E-state index is 15.4. The number of hydrogen-bond donors (Lipinski definition) is 3. The van der Waals surface area contributed by atoms with Gasteiger partial charge in [0.1, 0.15) is 11.9 Å². The van der Waals surface area contributed by atoms with Crippen molar-refractivity contribution in [3.63, 3.8) is 0 Å². The van der Waals surface area contributed by atoms with E-state index in [9.17, 15) is 13.5 Å². The lowest BCUT2D eigenvalue weighted by Gasteiger charge is -2.38. The van der Waals surface area contributed by atoms with E-state index in [2.05, 4.69) is 5.32 Å². The molecule has 3 N–H and O–H groups in total. The smallest absolute Gasteiger partial charge is 0.163 e. The van der Waals surface area contributed by atoms with Crippen LogP contribution >= 0.6 is 0 Å². The maximum Gasteiger partial charge on any atom is 0.163 e. The molecule has 0 spiro atoms. The number of benzene rings is 2. The van der Waals surface area contributed by atoms with Crippen LogP contribution in [0.5, 0.6) is 0 Å². The van der Waals surface area contributed by atoms with Gasteiger partial charge in [-0.15, -0.1) is 0 Å². The van der Waals surface area contributed by atoms with Gasteiger partial charge in [-0.1, -0.05) is 42.5 Å². The van der Waals surface area contributed by atoms with Crippen molar-refractivity contribution in [1.82, 2.24) is 5.32 Å². The number of aliphatic hydroxyl groups is 2. The predicted molar refractivity (Wildman–Crippen MR) is 130 cm³/mol. The van der Waals surface area contributed by atoms with E-state index >= 15 is 4.39 Å². The van der Waals surface area contributed by atoms with Gasteiger partial charge in [-0.2, -0.15) is 0 Å². The van der Waals surface area contributed by atoms with Crippen LogP contribution in [0.4, 0.5) is 4.39 Å². The monoisotopic (exact) mass is 507 g/mol. The van der Waals surface area contributed by atoms with E-state index in [-0.39, 0.29) is 19.1 Å². The van der Waals surface area contributed by atoms with E-state index < -0.39 is 44.5 Å². The summed E-state index contributed by atoms with van der Waals surface area (Å²) in [5, 5.41) is 20.8. The Balaban J connectivity index is 1.58. The van der Waals surface area contributed by atoms with Crippen molar-refractivity contribution in [2.45, 2.75) is 54.4 Å². The molecule has 0 aromatic heterocycles. The van der Waals surface area contributed by atoms with Crippen molar-refractivity contribution in [3.05, 3.63) is 71.0 Å². The minimum atomic E-state index is -3.57. The zero-order chi connectivity index (χ0) is 25.1. The van der Waals surface area contributed by atoms with Crippen LogP contribution in [0.15, 0.2) is 48.5 Å². The molecule has 0 radical (unpaired) electrons. The second-order valence-electron chi connectivity index (χ2n) is 9.49. The summed E-state index contributed by atoms with van der Waals surface area (Å²) in [6.45, 7) is 2.52. The quantitative estimate of drug-likeness (QED) is 0.503. The van der Waals surface area contributed by atoms with Crippen molar-refractivity contribution >= 4 is 9.84 Å². The molecule has 2 aliphatic rings. The Kier molecular flexibility index (Phi) is 8.25. The van der Waals surface area contributed by atoms with Crippen LogP contribution in [0, 0.1) is 5.82 Å². The Morgan fingerprint density at radius 2 is 1.91 bits per heavy atom. The first-order chi connectivity index (χ1) is 16.8. The van der Waals surface area contributed by atoms with Crippen LogP contribution in [-0.2, 0) is 31.3 Å². The van der Waals surface area contributed by atoms with Gasteiger partial charge in [0.25, 0.3) is 0 Å². The normalized spacial score (nSPS) is 26.8. The summed E-state index contributed by atoms with van der Waals surface area (Å²) in [4.78, 5) is 0. The highest BCUT2D eigenvalue weighted by molar-refractivity contribution is 7.92. The Bertz CT molecular complexity index is 1090. The Labute approximate surface area is 206 Å². The van der Waals surface area contributed by atoms with E-state index in [1.54, 1.807) is 12.1 Å². The zero-order valence-electron chi connectivity index (χ0n) is 19.9. The molecule has 4 atom stereocenters. The summed E-state index contributed by atoms with van der Waals surface area (Å²) in [5.41, 5.74) is 0.850. The molecule has 7 nitrogen and oxygen atoms in total. The summed E-state index contributed by atoms with van der Waals surface area (Å²) < 4.78 is 53.9. The van der Waals surface area contributed by atoms with Crippen molar-refractivity contribution in [1.29, 1.82) is 0 Å². The first kappa shape index (κ1) is 26.2. The van der Waals surface area contributed by atoms with Crippen molar-refractivity contribution in [2.75, 3.05) is 33.0 Å². The van der Waals surface area contributed by atoms with Gasteiger partial charge in [-0.25, -0.2) is 12.8 Å². The summed E-state index contributed by atoms with van der Waals surface area (Å²) in [5.74, 6) is -0.482. The van der Waals surface area contributed by atoms with Crippen LogP contribution < -0.4 is 5.32 Å². The molecule has 2 aromatic rings. The third-order valence-corrected chi connectivity index (χ3v) is 9.89. The fourth-order valence-electron chi connectivity index (χ4n) is 5.04. The van der Waals surface area contributed by atoms with Crippen molar-refractivity contribution < 1.29 is 32.5 Å². The first-order valence-corrected chi connectivity index (χ1v) is 13.7. The summed E-state index contributed by atoms with van der Waals surface area (Å²) in [7, 11) is -3.57. The van der Waals surface area contributed by atoms with Crippen LogP contribution in [0.1, 0.15) is 41.7 Å². The lowest BCUT2D eigenvalue weighted by atomic mass is 9.85. The molecule has 192 valence electrons. The molecular weight excluding hydrogens is 473 g/mol. The number of sulfone groups is 1.